The highest BCUT2D eigenvalue weighted by Gasteiger charge is 2.20. The number of amides is 2. The summed E-state index contributed by atoms with van der Waals surface area (Å²) < 4.78 is 4.99. The van der Waals surface area contributed by atoms with E-state index in [1.807, 2.05) is 0 Å². The SMILES string of the molecule is CC1CCCC(NC(=O)CCCNC(=O)c2ccco2)C1. The second-order valence-electron chi connectivity index (χ2n) is 5.87. The highest BCUT2D eigenvalue weighted by Crippen LogP contribution is 2.23. The van der Waals surface area contributed by atoms with Crippen molar-refractivity contribution in [2.45, 2.75) is 51.5 Å². The van der Waals surface area contributed by atoms with Gasteiger partial charge in [0.2, 0.25) is 5.91 Å². The van der Waals surface area contributed by atoms with Crippen LogP contribution in [0.5, 0.6) is 0 Å². The van der Waals surface area contributed by atoms with E-state index in [1.165, 1.54) is 19.1 Å². The summed E-state index contributed by atoms with van der Waals surface area (Å²) in [6, 6.07) is 3.62. The molecule has 1 aliphatic rings. The summed E-state index contributed by atoms with van der Waals surface area (Å²) in [5.41, 5.74) is 0. The van der Waals surface area contributed by atoms with Crippen LogP contribution in [0.2, 0.25) is 0 Å². The van der Waals surface area contributed by atoms with Crippen LogP contribution >= 0.6 is 0 Å². The Morgan fingerprint density at radius 1 is 1.38 bits per heavy atom. The average molecular weight is 292 g/mol. The number of nitrogens with one attached hydrogen (secondary N) is 2. The zero-order valence-electron chi connectivity index (χ0n) is 12.6. The Morgan fingerprint density at radius 2 is 2.24 bits per heavy atom. The zero-order chi connectivity index (χ0) is 15.1. The number of carbonyl (C=O) groups is 2. The molecule has 1 aromatic heterocycles. The molecule has 2 N–H and O–H groups in total. The van der Waals surface area contributed by atoms with E-state index in [0.717, 1.165) is 12.8 Å². The van der Waals surface area contributed by atoms with Crippen LogP contribution in [0.25, 0.3) is 0 Å². The van der Waals surface area contributed by atoms with Gasteiger partial charge in [0.05, 0.1) is 6.26 Å². The van der Waals surface area contributed by atoms with Crippen molar-refractivity contribution in [1.82, 2.24) is 10.6 Å². The molecule has 5 heteroatoms. The second-order valence-corrected chi connectivity index (χ2v) is 5.87. The van der Waals surface area contributed by atoms with Crippen LogP contribution in [0.4, 0.5) is 0 Å². The van der Waals surface area contributed by atoms with Crippen molar-refractivity contribution in [3.05, 3.63) is 24.2 Å². The Balaban J connectivity index is 1.58. The largest absolute Gasteiger partial charge is 0.459 e. The third kappa shape index (κ3) is 5.25. The lowest BCUT2D eigenvalue weighted by Gasteiger charge is -2.27. The smallest absolute Gasteiger partial charge is 0.286 e. The summed E-state index contributed by atoms with van der Waals surface area (Å²) >= 11 is 0. The van der Waals surface area contributed by atoms with Gasteiger partial charge in [-0.25, -0.2) is 0 Å². The lowest BCUT2D eigenvalue weighted by molar-refractivity contribution is -0.122. The molecule has 2 rings (SSSR count). The minimum atomic E-state index is -0.235. The number of hydrogen-bond acceptors (Lipinski definition) is 3. The van der Waals surface area contributed by atoms with E-state index in [2.05, 4.69) is 17.6 Å². The molecule has 0 aliphatic heterocycles. The lowest BCUT2D eigenvalue weighted by atomic mass is 9.87. The monoisotopic (exact) mass is 292 g/mol. The van der Waals surface area contributed by atoms with Gasteiger partial charge in [0.25, 0.3) is 5.91 Å². The summed E-state index contributed by atoms with van der Waals surface area (Å²) in [5.74, 6) is 0.857. The molecule has 116 valence electrons. The number of carbonyl (C=O) groups excluding carboxylic acids is 2. The van der Waals surface area contributed by atoms with Gasteiger partial charge in [-0.2, -0.15) is 0 Å². The molecule has 2 atom stereocenters. The Kier molecular flexibility index (Phi) is 5.84. The second kappa shape index (κ2) is 7.86. The standard InChI is InChI=1S/C16H24N2O3/c1-12-5-2-6-13(11-12)18-15(19)8-3-9-17-16(20)14-7-4-10-21-14/h4,7,10,12-13H,2-3,5-6,8-9,11H2,1H3,(H,17,20)(H,18,19). The van der Waals surface area contributed by atoms with Crippen LogP contribution in [0.3, 0.4) is 0 Å². The van der Waals surface area contributed by atoms with Crippen molar-refractivity contribution in [2.75, 3.05) is 6.54 Å². The van der Waals surface area contributed by atoms with Crippen molar-refractivity contribution in [3.63, 3.8) is 0 Å². The van der Waals surface area contributed by atoms with Gasteiger partial charge in [-0.1, -0.05) is 19.8 Å². The Morgan fingerprint density at radius 3 is 2.95 bits per heavy atom. The van der Waals surface area contributed by atoms with Gasteiger partial charge in [-0.3, -0.25) is 9.59 Å². The van der Waals surface area contributed by atoms with E-state index in [0.29, 0.717) is 37.1 Å². The maximum absolute atomic E-state index is 11.8. The van der Waals surface area contributed by atoms with Gasteiger partial charge in [-0.05, 0) is 37.3 Å². The van der Waals surface area contributed by atoms with Crippen LogP contribution in [0.1, 0.15) is 56.0 Å². The van der Waals surface area contributed by atoms with E-state index in [1.54, 1.807) is 12.1 Å². The molecule has 0 spiro atoms. The molecule has 2 amide bonds. The van der Waals surface area contributed by atoms with Crippen LogP contribution < -0.4 is 10.6 Å². The molecule has 5 nitrogen and oxygen atoms in total. The highest BCUT2D eigenvalue weighted by atomic mass is 16.3. The number of furan rings is 1. The predicted octanol–water partition coefficient (Wildman–Crippen LogP) is 2.48. The fraction of sp³-hybridized carbons (Fsp3) is 0.625. The Labute approximate surface area is 125 Å². The van der Waals surface area contributed by atoms with Crippen molar-refractivity contribution in [3.8, 4) is 0 Å². The van der Waals surface area contributed by atoms with E-state index in [4.69, 9.17) is 4.42 Å². The first-order valence-electron chi connectivity index (χ1n) is 7.76. The van der Waals surface area contributed by atoms with Crippen molar-refractivity contribution in [1.29, 1.82) is 0 Å². The van der Waals surface area contributed by atoms with E-state index in [-0.39, 0.29) is 11.8 Å². The quantitative estimate of drug-likeness (QED) is 0.791. The van der Waals surface area contributed by atoms with Gasteiger partial charge in [-0.15, -0.1) is 0 Å². The fourth-order valence-electron chi connectivity index (χ4n) is 2.81. The molecule has 0 saturated heterocycles. The lowest BCUT2D eigenvalue weighted by Crippen LogP contribution is -2.38. The van der Waals surface area contributed by atoms with Crippen molar-refractivity contribution >= 4 is 11.8 Å². The molecular formula is C16H24N2O3. The first-order chi connectivity index (χ1) is 10.1. The first kappa shape index (κ1) is 15.6. The fourth-order valence-corrected chi connectivity index (χ4v) is 2.81. The normalized spacial score (nSPS) is 21.8. The summed E-state index contributed by atoms with van der Waals surface area (Å²) in [7, 11) is 0. The molecular weight excluding hydrogens is 268 g/mol. The van der Waals surface area contributed by atoms with Gasteiger partial charge >= 0.3 is 0 Å². The van der Waals surface area contributed by atoms with E-state index < -0.39 is 0 Å². The summed E-state index contributed by atoms with van der Waals surface area (Å²) in [4.78, 5) is 23.4. The van der Waals surface area contributed by atoms with Crippen LogP contribution in [0, 0.1) is 5.92 Å². The zero-order valence-corrected chi connectivity index (χ0v) is 12.6. The summed E-state index contributed by atoms with van der Waals surface area (Å²) in [6.45, 7) is 2.72. The van der Waals surface area contributed by atoms with Gasteiger partial charge in [0, 0.05) is 19.0 Å². The molecule has 0 aromatic carbocycles. The predicted molar refractivity (Wildman–Crippen MR) is 79.8 cm³/mol. The number of rotatable bonds is 6. The van der Waals surface area contributed by atoms with Crippen molar-refractivity contribution in [2.24, 2.45) is 5.92 Å². The third-order valence-corrected chi connectivity index (χ3v) is 3.91. The van der Waals surface area contributed by atoms with Crippen molar-refractivity contribution < 1.29 is 14.0 Å². The Hall–Kier alpha value is -1.78. The van der Waals surface area contributed by atoms with Gasteiger partial charge in [0.15, 0.2) is 5.76 Å². The topological polar surface area (TPSA) is 71.3 Å². The third-order valence-electron chi connectivity index (χ3n) is 3.91. The molecule has 0 bridgehead atoms. The molecule has 21 heavy (non-hydrogen) atoms. The van der Waals surface area contributed by atoms with Gasteiger partial charge < -0.3 is 15.1 Å². The molecule has 1 aliphatic carbocycles. The van der Waals surface area contributed by atoms with E-state index in [9.17, 15) is 9.59 Å². The molecule has 1 aromatic rings. The summed E-state index contributed by atoms with van der Waals surface area (Å²) in [6.07, 6.45) is 7.19. The molecule has 1 fully saturated rings. The average Bonchev–Trinajstić information content (AvgIpc) is 2.97. The first-order valence-corrected chi connectivity index (χ1v) is 7.76. The highest BCUT2D eigenvalue weighted by molar-refractivity contribution is 5.91. The minimum absolute atomic E-state index is 0.0846. The molecule has 2 unspecified atom stereocenters. The molecule has 0 radical (unpaired) electrons. The van der Waals surface area contributed by atoms with Crippen LogP contribution in [-0.2, 0) is 4.79 Å². The van der Waals surface area contributed by atoms with Crippen LogP contribution in [-0.4, -0.2) is 24.4 Å². The minimum Gasteiger partial charge on any atom is -0.459 e. The molecule has 1 saturated carbocycles. The maximum Gasteiger partial charge on any atom is 0.286 e. The maximum atomic E-state index is 11.8. The van der Waals surface area contributed by atoms with Gasteiger partial charge in [0.1, 0.15) is 0 Å². The van der Waals surface area contributed by atoms with E-state index >= 15 is 0 Å². The number of hydrogen-bond donors (Lipinski definition) is 2. The summed E-state index contributed by atoms with van der Waals surface area (Å²) in [5, 5.41) is 5.83. The van der Waals surface area contributed by atoms with Crippen LogP contribution in [0.15, 0.2) is 22.8 Å². The molecule has 1 heterocycles. The Bertz CT molecular complexity index is 456.